The van der Waals surface area contributed by atoms with Crippen molar-refractivity contribution in [3.8, 4) is 0 Å². The number of rotatable bonds is 6. The standard InChI is InChI=1S/C12H26N2S/c1-12(2)14-9-7-13(8-10-14)6-4-3-5-11-15/h12,15H,3-11H2,1-2H3. The SMILES string of the molecule is CC(C)N1CCN(CCCCCS)CC1. The van der Waals surface area contributed by atoms with Gasteiger partial charge in [-0.15, -0.1) is 0 Å². The fourth-order valence-corrected chi connectivity index (χ4v) is 2.35. The van der Waals surface area contributed by atoms with Gasteiger partial charge < -0.3 is 4.90 Å². The molecule has 0 saturated carbocycles. The Bertz CT molecular complexity index is 154. The van der Waals surface area contributed by atoms with Crippen LogP contribution in [0, 0.1) is 0 Å². The molecule has 3 heteroatoms. The summed E-state index contributed by atoms with van der Waals surface area (Å²) in [6, 6.07) is 0.719. The molecule has 1 aliphatic rings. The zero-order chi connectivity index (χ0) is 11.1. The molecule has 0 radical (unpaired) electrons. The molecule has 1 saturated heterocycles. The fourth-order valence-electron chi connectivity index (χ4n) is 2.13. The van der Waals surface area contributed by atoms with Gasteiger partial charge in [-0.05, 0) is 39.0 Å². The van der Waals surface area contributed by atoms with Crippen LogP contribution >= 0.6 is 12.6 Å². The Morgan fingerprint density at radius 3 is 2.20 bits per heavy atom. The van der Waals surface area contributed by atoms with E-state index in [4.69, 9.17) is 0 Å². The van der Waals surface area contributed by atoms with Crippen molar-refractivity contribution in [3.63, 3.8) is 0 Å². The van der Waals surface area contributed by atoms with Crippen molar-refractivity contribution in [2.75, 3.05) is 38.5 Å². The Balaban J connectivity index is 2.04. The molecular formula is C12H26N2S. The third-order valence-electron chi connectivity index (χ3n) is 3.27. The highest BCUT2D eigenvalue weighted by Crippen LogP contribution is 2.07. The maximum Gasteiger partial charge on any atom is 0.0113 e. The van der Waals surface area contributed by atoms with Gasteiger partial charge in [0.1, 0.15) is 0 Å². The summed E-state index contributed by atoms with van der Waals surface area (Å²) in [7, 11) is 0. The molecule has 0 aromatic heterocycles. The molecule has 0 atom stereocenters. The van der Waals surface area contributed by atoms with Crippen molar-refractivity contribution in [1.82, 2.24) is 9.80 Å². The topological polar surface area (TPSA) is 6.48 Å². The first-order valence-electron chi connectivity index (χ1n) is 6.31. The van der Waals surface area contributed by atoms with Crippen LogP contribution in [-0.2, 0) is 0 Å². The molecule has 0 unspecified atom stereocenters. The van der Waals surface area contributed by atoms with Crippen molar-refractivity contribution in [2.24, 2.45) is 0 Å². The lowest BCUT2D eigenvalue weighted by molar-refractivity contribution is 0.107. The second kappa shape index (κ2) is 7.53. The Morgan fingerprint density at radius 2 is 1.67 bits per heavy atom. The first-order valence-corrected chi connectivity index (χ1v) is 6.94. The third-order valence-corrected chi connectivity index (χ3v) is 3.59. The number of thiol groups is 1. The summed E-state index contributed by atoms with van der Waals surface area (Å²) in [4.78, 5) is 5.18. The maximum absolute atomic E-state index is 4.23. The van der Waals surface area contributed by atoms with E-state index in [1.807, 2.05) is 0 Å². The summed E-state index contributed by atoms with van der Waals surface area (Å²) < 4.78 is 0. The predicted molar refractivity (Wildman–Crippen MR) is 70.9 cm³/mol. The van der Waals surface area contributed by atoms with Crippen molar-refractivity contribution in [2.45, 2.75) is 39.2 Å². The lowest BCUT2D eigenvalue weighted by atomic mass is 10.2. The minimum Gasteiger partial charge on any atom is -0.301 e. The van der Waals surface area contributed by atoms with Crippen LogP contribution in [0.3, 0.4) is 0 Å². The highest BCUT2D eigenvalue weighted by Gasteiger charge is 2.17. The van der Waals surface area contributed by atoms with E-state index >= 15 is 0 Å². The second-order valence-electron chi connectivity index (χ2n) is 4.76. The van der Waals surface area contributed by atoms with E-state index in [1.54, 1.807) is 0 Å². The molecule has 0 aromatic rings. The van der Waals surface area contributed by atoms with E-state index in [-0.39, 0.29) is 0 Å². The zero-order valence-electron chi connectivity index (χ0n) is 10.3. The van der Waals surface area contributed by atoms with Crippen molar-refractivity contribution in [1.29, 1.82) is 0 Å². The molecular weight excluding hydrogens is 204 g/mol. The van der Waals surface area contributed by atoms with Crippen LogP contribution in [0.15, 0.2) is 0 Å². The number of piperazine rings is 1. The van der Waals surface area contributed by atoms with E-state index in [9.17, 15) is 0 Å². The summed E-state index contributed by atoms with van der Waals surface area (Å²) in [5.74, 6) is 1.04. The molecule has 0 spiro atoms. The molecule has 1 rings (SSSR count). The van der Waals surface area contributed by atoms with Gasteiger partial charge in [-0.3, -0.25) is 4.90 Å². The van der Waals surface area contributed by atoms with E-state index < -0.39 is 0 Å². The number of nitrogens with zero attached hydrogens (tertiary/aromatic N) is 2. The average molecular weight is 230 g/mol. The molecule has 1 heterocycles. The fraction of sp³-hybridized carbons (Fsp3) is 1.00. The summed E-state index contributed by atoms with van der Waals surface area (Å²) in [6.45, 7) is 10.9. The number of unbranched alkanes of at least 4 members (excludes halogenated alkanes) is 2. The summed E-state index contributed by atoms with van der Waals surface area (Å²) in [5.41, 5.74) is 0. The molecule has 0 N–H and O–H groups in total. The van der Waals surface area contributed by atoms with Crippen molar-refractivity contribution in [3.05, 3.63) is 0 Å². The van der Waals surface area contributed by atoms with Crippen molar-refractivity contribution >= 4 is 12.6 Å². The molecule has 1 fully saturated rings. The molecule has 0 aliphatic carbocycles. The molecule has 0 aromatic carbocycles. The van der Waals surface area contributed by atoms with E-state index in [0.717, 1.165) is 11.8 Å². The van der Waals surface area contributed by atoms with Crippen LogP contribution in [0.2, 0.25) is 0 Å². The monoisotopic (exact) mass is 230 g/mol. The molecule has 2 nitrogen and oxygen atoms in total. The molecule has 15 heavy (non-hydrogen) atoms. The third kappa shape index (κ3) is 5.23. The first kappa shape index (κ1) is 13.3. The van der Waals surface area contributed by atoms with Gasteiger partial charge in [0, 0.05) is 32.2 Å². The van der Waals surface area contributed by atoms with Gasteiger partial charge in [0.15, 0.2) is 0 Å². The van der Waals surface area contributed by atoms with Crippen LogP contribution < -0.4 is 0 Å². The van der Waals surface area contributed by atoms with Gasteiger partial charge >= 0.3 is 0 Å². The minimum absolute atomic E-state index is 0.719. The highest BCUT2D eigenvalue weighted by atomic mass is 32.1. The van der Waals surface area contributed by atoms with Gasteiger partial charge in [-0.25, -0.2) is 0 Å². The van der Waals surface area contributed by atoms with Crippen LogP contribution in [0.4, 0.5) is 0 Å². The Hall–Kier alpha value is 0.270. The van der Waals surface area contributed by atoms with Gasteiger partial charge in [-0.2, -0.15) is 12.6 Å². The molecule has 0 bridgehead atoms. The number of hydrogen-bond acceptors (Lipinski definition) is 3. The quantitative estimate of drug-likeness (QED) is 0.551. The number of hydrogen-bond donors (Lipinski definition) is 1. The average Bonchev–Trinajstić information content (AvgIpc) is 2.25. The molecule has 90 valence electrons. The summed E-state index contributed by atoms with van der Waals surface area (Å²) in [5, 5.41) is 0. The van der Waals surface area contributed by atoms with Gasteiger partial charge in [0.25, 0.3) is 0 Å². The molecule has 1 aliphatic heterocycles. The van der Waals surface area contributed by atoms with Crippen LogP contribution in [0.25, 0.3) is 0 Å². The Labute approximate surface area is 100 Å². The Morgan fingerprint density at radius 1 is 1.00 bits per heavy atom. The largest absolute Gasteiger partial charge is 0.301 e. The van der Waals surface area contributed by atoms with E-state index in [0.29, 0.717) is 0 Å². The van der Waals surface area contributed by atoms with Gasteiger partial charge in [0.05, 0.1) is 0 Å². The summed E-state index contributed by atoms with van der Waals surface area (Å²) >= 11 is 4.23. The van der Waals surface area contributed by atoms with Gasteiger partial charge in [-0.1, -0.05) is 6.42 Å². The molecule has 0 amide bonds. The van der Waals surface area contributed by atoms with E-state index in [2.05, 4.69) is 36.3 Å². The lowest BCUT2D eigenvalue weighted by Gasteiger charge is -2.36. The van der Waals surface area contributed by atoms with Gasteiger partial charge in [0.2, 0.25) is 0 Å². The summed E-state index contributed by atoms with van der Waals surface area (Å²) in [6.07, 6.45) is 3.96. The maximum atomic E-state index is 4.23. The highest BCUT2D eigenvalue weighted by molar-refractivity contribution is 7.80. The first-order chi connectivity index (χ1) is 7.24. The normalized spacial score (nSPS) is 20.0. The smallest absolute Gasteiger partial charge is 0.0113 e. The van der Waals surface area contributed by atoms with Crippen LogP contribution in [-0.4, -0.2) is 54.3 Å². The predicted octanol–water partition coefficient (Wildman–Crippen LogP) is 2.11. The lowest BCUT2D eigenvalue weighted by Crippen LogP contribution is -2.48. The Kier molecular flexibility index (Phi) is 6.69. The van der Waals surface area contributed by atoms with Crippen LogP contribution in [0.5, 0.6) is 0 Å². The van der Waals surface area contributed by atoms with Crippen molar-refractivity contribution < 1.29 is 0 Å². The zero-order valence-corrected chi connectivity index (χ0v) is 11.2. The second-order valence-corrected chi connectivity index (χ2v) is 5.20. The minimum atomic E-state index is 0.719. The van der Waals surface area contributed by atoms with Crippen LogP contribution in [0.1, 0.15) is 33.1 Å². The van der Waals surface area contributed by atoms with E-state index in [1.165, 1.54) is 52.0 Å².